The molecule has 0 spiro atoms. The van der Waals surface area contributed by atoms with Gasteiger partial charge in [-0.25, -0.2) is 5.01 Å². The van der Waals surface area contributed by atoms with Gasteiger partial charge in [0.2, 0.25) is 6.23 Å². The SMILES string of the molecule is CCN(CC)c1ccc([C@H]2Oc3ccccc3[C@H]3CC(c4cccs4)=NN32)cc1. The van der Waals surface area contributed by atoms with Gasteiger partial charge in [-0.3, -0.25) is 0 Å². The fourth-order valence-corrected chi connectivity index (χ4v) is 5.01. The molecule has 1 aromatic heterocycles. The lowest BCUT2D eigenvalue weighted by Crippen LogP contribution is -2.33. The van der Waals surface area contributed by atoms with E-state index >= 15 is 0 Å². The zero-order valence-corrected chi connectivity index (χ0v) is 17.6. The van der Waals surface area contributed by atoms with E-state index in [2.05, 4.69) is 83.7 Å². The Morgan fingerprint density at radius 1 is 1.03 bits per heavy atom. The van der Waals surface area contributed by atoms with E-state index in [-0.39, 0.29) is 12.3 Å². The number of ether oxygens (including phenoxy) is 1. The smallest absolute Gasteiger partial charge is 0.213 e. The van der Waals surface area contributed by atoms with Crippen molar-refractivity contribution in [3.05, 3.63) is 82.0 Å². The summed E-state index contributed by atoms with van der Waals surface area (Å²) in [5, 5.41) is 9.29. The third kappa shape index (κ3) is 3.19. The molecular formula is C24H25N3OS. The molecule has 148 valence electrons. The van der Waals surface area contributed by atoms with Gasteiger partial charge in [0, 0.05) is 36.3 Å². The number of hydrogen-bond donors (Lipinski definition) is 0. The molecule has 0 aliphatic carbocycles. The van der Waals surface area contributed by atoms with Gasteiger partial charge < -0.3 is 9.64 Å². The van der Waals surface area contributed by atoms with Crippen LogP contribution < -0.4 is 9.64 Å². The summed E-state index contributed by atoms with van der Waals surface area (Å²) in [6.07, 6.45) is 0.702. The first-order valence-corrected chi connectivity index (χ1v) is 11.2. The first-order chi connectivity index (χ1) is 14.3. The normalized spacial score (nSPS) is 19.9. The number of para-hydroxylation sites is 1. The van der Waals surface area contributed by atoms with E-state index in [4.69, 9.17) is 9.84 Å². The third-order valence-corrected chi connectivity index (χ3v) is 6.73. The first kappa shape index (κ1) is 18.3. The summed E-state index contributed by atoms with van der Waals surface area (Å²) < 4.78 is 6.46. The predicted octanol–water partition coefficient (Wildman–Crippen LogP) is 5.84. The summed E-state index contributed by atoms with van der Waals surface area (Å²) in [5.74, 6) is 0.967. The second-order valence-corrected chi connectivity index (χ2v) is 8.34. The molecule has 2 aliphatic heterocycles. The minimum atomic E-state index is -0.210. The summed E-state index contributed by atoms with van der Waals surface area (Å²) in [6.45, 7) is 6.39. The van der Waals surface area contributed by atoms with Crippen LogP contribution in [0.4, 0.5) is 5.69 Å². The summed E-state index contributed by atoms with van der Waals surface area (Å²) >= 11 is 1.75. The van der Waals surface area contributed by atoms with Crippen molar-refractivity contribution in [2.45, 2.75) is 32.5 Å². The summed E-state index contributed by atoms with van der Waals surface area (Å²) in [6, 6.07) is 21.6. The van der Waals surface area contributed by atoms with Crippen LogP contribution in [0.5, 0.6) is 5.75 Å². The molecule has 0 radical (unpaired) electrons. The zero-order valence-electron chi connectivity index (χ0n) is 16.8. The predicted molar refractivity (Wildman–Crippen MR) is 120 cm³/mol. The number of fused-ring (bicyclic) bond motifs is 3. The molecule has 0 bridgehead atoms. The van der Waals surface area contributed by atoms with Crippen LogP contribution in [0.25, 0.3) is 0 Å². The van der Waals surface area contributed by atoms with Crippen molar-refractivity contribution in [3.8, 4) is 5.75 Å². The molecule has 5 heteroatoms. The van der Waals surface area contributed by atoms with Gasteiger partial charge in [0.25, 0.3) is 0 Å². The Morgan fingerprint density at radius 3 is 2.55 bits per heavy atom. The number of rotatable bonds is 5. The van der Waals surface area contributed by atoms with Gasteiger partial charge >= 0.3 is 0 Å². The van der Waals surface area contributed by atoms with Crippen molar-refractivity contribution >= 4 is 22.7 Å². The lowest BCUT2D eigenvalue weighted by atomic mass is 9.97. The second-order valence-electron chi connectivity index (χ2n) is 7.40. The minimum absolute atomic E-state index is 0.210. The van der Waals surface area contributed by atoms with Gasteiger partial charge in [0.15, 0.2) is 0 Å². The average Bonchev–Trinajstić information content (AvgIpc) is 3.45. The van der Waals surface area contributed by atoms with Gasteiger partial charge in [-0.2, -0.15) is 5.10 Å². The maximum absolute atomic E-state index is 6.46. The molecular weight excluding hydrogens is 378 g/mol. The summed E-state index contributed by atoms with van der Waals surface area (Å²) in [4.78, 5) is 3.60. The highest BCUT2D eigenvalue weighted by Crippen LogP contribution is 2.47. The van der Waals surface area contributed by atoms with Crippen molar-refractivity contribution in [2.75, 3.05) is 18.0 Å². The van der Waals surface area contributed by atoms with Crippen molar-refractivity contribution in [2.24, 2.45) is 5.10 Å². The Morgan fingerprint density at radius 2 is 1.83 bits per heavy atom. The molecule has 0 saturated carbocycles. The van der Waals surface area contributed by atoms with Gasteiger partial charge in [-0.05, 0) is 43.5 Å². The van der Waals surface area contributed by atoms with E-state index in [1.807, 2.05) is 6.07 Å². The maximum atomic E-state index is 6.46. The Balaban J connectivity index is 1.52. The fraction of sp³-hybridized carbons (Fsp3) is 0.292. The lowest BCUT2D eigenvalue weighted by Gasteiger charge is -2.38. The third-order valence-electron chi connectivity index (χ3n) is 5.81. The summed E-state index contributed by atoms with van der Waals surface area (Å²) in [5.41, 5.74) is 4.75. The molecule has 0 unspecified atom stereocenters. The fourth-order valence-electron chi connectivity index (χ4n) is 4.28. The average molecular weight is 404 g/mol. The molecule has 0 fully saturated rings. The van der Waals surface area contributed by atoms with Crippen LogP contribution in [-0.2, 0) is 0 Å². The van der Waals surface area contributed by atoms with Crippen LogP contribution in [0.15, 0.2) is 71.1 Å². The molecule has 4 nitrogen and oxygen atoms in total. The molecule has 3 heterocycles. The molecule has 0 N–H and O–H groups in total. The Kier molecular flexibility index (Phi) is 4.76. The van der Waals surface area contributed by atoms with E-state index in [9.17, 15) is 0 Å². The number of anilines is 1. The van der Waals surface area contributed by atoms with Crippen molar-refractivity contribution < 1.29 is 4.74 Å². The molecule has 0 saturated heterocycles. The van der Waals surface area contributed by atoms with Crippen LogP contribution in [0.3, 0.4) is 0 Å². The van der Waals surface area contributed by atoms with Crippen molar-refractivity contribution in [1.82, 2.24) is 5.01 Å². The van der Waals surface area contributed by atoms with Crippen LogP contribution in [0.2, 0.25) is 0 Å². The van der Waals surface area contributed by atoms with Gasteiger partial charge in [-0.15, -0.1) is 11.3 Å². The number of nitrogens with zero attached hydrogens (tertiary/aromatic N) is 3. The molecule has 5 rings (SSSR count). The molecule has 0 amide bonds. The zero-order chi connectivity index (χ0) is 19.8. The number of hydrazone groups is 1. The van der Waals surface area contributed by atoms with Crippen LogP contribution in [0, 0.1) is 0 Å². The number of thiophene rings is 1. The van der Waals surface area contributed by atoms with E-state index in [0.717, 1.165) is 36.5 Å². The minimum Gasteiger partial charge on any atom is -0.464 e. The van der Waals surface area contributed by atoms with E-state index in [1.54, 1.807) is 11.3 Å². The molecule has 2 atom stereocenters. The monoisotopic (exact) mass is 403 g/mol. The van der Waals surface area contributed by atoms with E-state index < -0.39 is 0 Å². The van der Waals surface area contributed by atoms with Crippen LogP contribution in [0.1, 0.15) is 48.5 Å². The van der Waals surface area contributed by atoms with Crippen LogP contribution in [-0.4, -0.2) is 23.8 Å². The largest absolute Gasteiger partial charge is 0.464 e. The van der Waals surface area contributed by atoms with Gasteiger partial charge in [0.1, 0.15) is 5.75 Å². The van der Waals surface area contributed by atoms with Gasteiger partial charge in [-0.1, -0.05) is 36.4 Å². The molecule has 29 heavy (non-hydrogen) atoms. The Labute approximate surface area is 176 Å². The topological polar surface area (TPSA) is 28.1 Å². The van der Waals surface area contributed by atoms with Crippen molar-refractivity contribution in [3.63, 3.8) is 0 Å². The summed E-state index contributed by atoms with van der Waals surface area (Å²) in [7, 11) is 0. The van der Waals surface area contributed by atoms with Gasteiger partial charge in [0.05, 0.1) is 16.6 Å². The highest BCUT2D eigenvalue weighted by atomic mass is 32.1. The van der Waals surface area contributed by atoms with Crippen LogP contribution >= 0.6 is 11.3 Å². The highest BCUT2D eigenvalue weighted by molar-refractivity contribution is 7.12. The maximum Gasteiger partial charge on any atom is 0.213 e. The van der Waals surface area contributed by atoms with E-state index in [0.29, 0.717) is 0 Å². The first-order valence-electron chi connectivity index (χ1n) is 10.3. The number of benzene rings is 2. The quantitative estimate of drug-likeness (QED) is 0.536. The lowest BCUT2D eigenvalue weighted by molar-refractivity contribution is -0.0190. The number of hydrogen-bond acceptors (Lipinski definition) is 5. The van der Waals surface area contributed by atoms with E-state index in [1.165, 1.54) is 16.1 Å². The molecule has 2 aromatic carbocycles. The standard InChI is InChI=1S/C24H25N3OS/c1-3-26(4-2)18-13-11-17(12-14-18)24-27-21(19-8-5-6-9-22(19)28-24)16-20(25-27)23-10-7-15-29-23/h5-15,21,24H,3-4,16H2,1-2H3/t21-,24-/m1/s1. The van der Waals surface area contributed by atoms with Crippen molar-refractivity contribution in [1.29, 1.82) is 0 Å². The second kappa shape index (κ2) is 7.56. The Hall–Kier alpha value is -2.79. The molecule has 3 aromatic rings. The molecule has 2 aliphatic rings. The Bertz CT molecular complexity index is 1010. The highest BCUT2D eigenvalue weighted by Gasteiger charge is 2.40.